The zero-order valence-corrected chi connectivity index (χ0v) is 13.3. The lowest BCUT2D eigenvalue weighted by Crippen LogP contribution is -2.47. The van der Waals surface area contributed by atoms with Crippen molar-refractivity contribution in [3.8, 4) is 0 Å². The first-order valence-corrected chi connectivity index (χ1v) is 7.87. The minimum atomic E-state index is -0.416. The van der Waals surface area contributed by atoms with Gasteiger partial charge < -0.3 is 10.2 Å². The van der Waals surface area contributed by atoms with Crippen molar-refractivity contribution in [3.05, 3.63) is 33.3 Å². The summed E-state index contributed by atoms with van der Waals surface area (Å²) < 4.78 is 0. The second kappa shape index (κ2) is 7.45. The summed E-state index contributed by atoms with van der Waals surface area (Å²) in [5.74, 6) is 0.0416. The smallest absolute Gasteiger partial charge is 0.294 e. The number of rotatable bonds is 5. The Morgan fingerprint density at radius 3 is 3.00 bits per heavy atom. The number of anilines is 1. The molecule has 22 heavy (non-hydrogen) atoms. The number of nitro benzene ring substituents is 1. The summed E-state index contributed by atoms with van der Waals surface area (Å²) in [5, 5.41) is 14.6. The van der Waals surface area contributed by atoms with Gasteiger partial charge in [-0.05, 0) is 31.4 Å². The maximum atomic E-state index is 11.7. The fraction of sp³-hybridized carbons (Fsp3) is 0.533. The molecule has 2 rings (SSSR count). The third-order valence-corrected chi connectivity index (χ3v) is 3.97. The minimum Gasteiger partial charge on any atom is -0.364 e. The molecule has 1 aromatic rings. The number of piperidine rings is 1. The lowest BCUT2D eigenvalue weighted by Gasteiger charge is -2.34. The highest BCUT2D eigenvalue weighted by Gasteiger charge is 2.26. The molecule has 1 atom stereocenters. The Hall–Kier alpha value is -1.82. The number of hydrogen-bond donors (Lipinski definition) is 1. The number of carbonyl (C=O) groups is 1. The zero-order chi connectivity index (χ0) is 16.1. The topological polar surface area (TPSA) is 75.5 Å². The van der Waals surface area contributed by atoms with E-state index in [0.717, 1.165) is 25.8 Å². The molecule has 1 aliphatic rings. The van der Waals surface area contributed by atoms with Crippen LogP contribution < -0.4 is 10.2 Å². The van der Waals surface area contributed by atoms with E-state index in [0.29, 0.717) is 23.7 Å². The Bertz CT molecular complexity index is 565. The molecule has 1 heterocycles. The molecule has 0 aromatic heterocycles. The van der Waals surface area contributed by atoms with Crippen molar-refractivity contribution >= 4 is 28.9 Å². The first-order chi connectivity index (χ1) is 10.5. The van der Waals surface area contributed by atoms with Crippen molar-refractivity contribution in [2.75, 3.05) is 18.0 Å². The van der Waals surface area contributed by atoms with Gasteiger partial charge in [-0.3, -0.25) is 14.9 Å². The predicted molar refractivity (Wildman–Crippen MR) is 86.4 cm³/mol. The van der Waals surface area contributed by atoms with Gasteiger partial charge in [0.05, 0.1) is 4.92 Å². The Morgan fingerprint density at radius 2 is 2.32 bits per heavy atom. The molecule has 1 aromatic carbocycles. The molecular weight excluding hydrogens is 306 g/mol. The van der Waals surface area contributed by atoms with Gasteiger partial charge >= 0.3 is 0 Å². The van der Waals surface area contributed by atoms with Crippen LogP contribution in [0, 0.1) is 10.1 Å². The molecule has 6 nitrogen and oxygen atoms in total. The van der Waals surface area contributed by atoms with Crippen LogP contribution in [0.1, 0.15) is 32.6 Å². The van der Waals surface area contributed by atoms with Crippen LogP contribution in [-0.2, 0) is 4.79 Å². The standard InChI is InChI=1S/C15H20ClN3O3/c1-2-4-15(20)17-12-5-3-8-18(10-12)13-7-6-11(16)9-14(13)19(21)22/h6-7,9,12H,2-5,8,10H2,1H3,(H,17,20). The number of hydrogen-bond acceptors (Lipinski definition) is 4. The second-order valence-corrected chi connectivity index (χ2v) is 5.93. The van der Waals surface area contributed by atoms with Crippen LogP contribution in [-0.4, -0.2) is 30.0 Å². The van der Waals surface area contributed by atoms with E-state index >= 15 is 0 Å². The summed E-state index contributed by atoms with van der Waals surface area (Å²) >= 11 is 5.85. The van der Waals surface area contributed by atoms with Crippen molar-refractivity contribution in [3.63, 3.8) is 0 Å². The normalized spacial score (nSPS) is 18.1. The first-order valence-electron chi connectivity index (χ1n) is 7.49. The molecule has 1 aliphatic heterocycles. The van der Waals surface area contributed by atoms with Crippen LogP contribution in [0.2, 0.25) is 5.02 Å². The van der Waals surface area contributed by atoms with Crippen LogP contribution in [0.25, 0.3) is 0 Å². The summed E-state index contributed by atoms with van der Waals surface area (Å²) in [4.78, 5) is 24.5. The predicted octanol–water partition coefficient (Wildman–Crippen LogP) is 3.13. The van der Waals surface area contributed by atoms with Crippen LogP contribution >= 0.6 is 11.6 Å². The molecule has 0 saturated carbocycles. The maximum absolute atomic E-state index is 11.7. The Labute approximate surface area is 134 Å². The molecule has 0 aliphatic carbocycles. The average molecular weight is 326 g/mol. The van der Waals surface area contributed by atoms with Gasteiger partial charge in [-0.2, -0.15) is 0 Å². The van der Waals surface area contributed by atoms with Crippen molar-refractivity contribution in [1.82, 2.24) is 5.32 Å². The number of carbonyl (C=O) groups excluding carboxylic acids is 1. The SMILES string of the molecule is CCCC(=O)NC1CCCN(c2ccc(Cl)cc2[N+](=O)[O-])C1. The molecule has 0 radical (unpaired) electrons. The van der Waals surface area contributed by atoms with E-state index < -0.39 is 4.92 Å². The van der Waals surface area contributed by atoms with E-state index in [1.54, 1.807) is 12.1 Å². The lowest BCUT2D eigenvalue weighted by molar-refractivity contribution is -0.384. The van der Waals surface area contributed by atoms with Gasteiger partial charge in [0.2, 0.25) is 5.91 Å². The van der Waals surface area contributed by atoms with Crippen molar-refractivity contribution < 1.29 is 9.72 Å². The van der Waals surface area contributed by atoms with Gasteiger partial charge in [-0.1, -0.05) is 18.5 Å². The highest BCUT2D eigenvalue weighted by atomic mass is 35.5. The summed E-state index contributed by atoms with van der Waals surface area (Å²) in [5.41, 5.74) is 0.567. The molecule has 0 bridgehead atoms. The zero-order valence-electron chi connectivity index (χ0n) is 12.5. The molecule has 1 saturated heterocycles. The Balaban J connectivity index is 2.12. The molecule has 120 valence electrons. The fourth-order valence-electron chi connectivity index (χ4n) is 2.75. The molecule has 1 N–H and O–H groups in total. The van der Waals surface area contributed by atoms with Gasteiger partial charge in [0.15, 0.2) is 0 Å². The van der Waals surface area contributed by atoms with Crippen LogP contribution in [0.15, 0.2) is 18.2 Å². The quantitative estimate of drug-likeness (QED) is 0.666. The van der Waals surface area contributed by atoms with Crippen LogP contribution in [0.4, 0.5) is 11.4 Å². The summed E-state index contributed by atoms with van der Waals surface area (Å²) in [7, 11) is 0. The van der Waals surface area contributed by atoms with E-state index in [4.69, 9.17) is 11.6 Å². The average Bonchev–Trinajstić information content (AvgIpc) is 2.47. The minimum absolute atomic E-state index is 0.00744. The van der Waals surface area contributed by atoms with Gasteiger partial charge in [-0.15, -0.1) is 0 Å². The lowest BCUT2D eigenvalue weighted by atomic mass is 10.0. The Morgan fingerprint density at radius 1 is 1.55 bits per heavy atom. The van der Waals surface area contributed by atoms with Crippen molar-refractivity contribution in [2.24, 2.45) is 0 Å². The third-order valence-electron chi connectivity index (χ3n) is 3.74. The van der Waals surface area contributed by atoms with Crippen LogP contribution in [0.3, 0.4) is 0 Å². The van der Waals surface area contributed by atoms with Crippen molar-refractivity contribution in [2.45, 2.75) is 38.6 Å². The number of nitrogens with one attached hydrogen (secondary N) is 1. The molecular formula is C15H20ClN3O3. The van der Waals surface area contributed by atoms with Crippen molar-refractivity contribution in [1.29, 1.82) is 0 Å². The van der Waals surface area contributed by atoms with Gasteiger partial charge in [0, 0.05) is 36.6 Å². The monoisotopic (exact) mass is 325 g/mol. The van der Waals surface area contributed by atoms with Gasteiger partial charge in [0.1, 0.15) is 5.69 Å². The second-order valence-electron chi connectivity index (χ2n) is 5.49. The van der Waals surface area contributed by atoms with Gasteiger partial charge in [0.25, 0.3) is 5.69 Å². The molecule has 0 spiro atoms. The summed E-state index contributed by atoms with van der Waals surface area (Å²) in [6, 6.07) is 4.74. The van der Waals surface area contributed by atoms with Gasteiger partial charge in [-0.25, -0.2) is 0 Å². The molecule has 1 fully saturated rings. The van der Waals surface area contributed by atoms with E-state index in [9.17, 15) is 14.9 Å². The summed E-state index contributed by atoms with van der Waals surface area (Å²) in [6.45, 7) is 3.28. The number of benzene rings is 1. The highest BCUT2D eigenvalue weighted by Crippen LogP contribution is 2.32. The Kier molecular flexibility index (Phi) is 5.60. The number of nitrogens with zero attached hydrogens (tertiary/aromatic N) is 2. The molecule has 1 unspecified atom stereocenters. The fourth-order valence-corrected chi connectivity index (χ4v) is 2.92. The van der Waals surface area contributed by atoms with E-state index in [2.05, 4.69) is 5.32 Å². The molecule has 1 amide bonds. The van der Waals surface area contributed by atoms with E-state index in [1.165, 1.54) is 6.07 Å². The third kappa shape index (κ3) is 4.10. The van der Waals surface area contributed by atoms with E-state index in [-0.39, 0.29) is 17.6 Å². The number of nitro groups is 1. The summed E-state index contributed by atoms with van der Waals surface area (Å²) in [6.07, 6.45) is 3.10. The van der Waals surface area contributed by atoms with Crippen LogP contribution in [0.5, 0.6) is 0 Å². The largest absolute Gasteiger partial charge is 0.364 e. The maximum Gasteiger partial charge on any atom is 0.294 e. The van der Waals surface area contributed by atoms with E-state index in [1.807, 2.05) is 11.8 Å². The number of amides is 1. The first kappa shape index (κ1) is 16.5. The highest BCUT2D eigenvalue weighted by molar-refractivity contribution is 6.30. The number of halogens is 1. The molecule has 7 heteroatoms.